The molecule has 0 spiro atoms. The number of hydrogen-bond acceptors (Lipinski definition) is 5. The molecule has 0 saturated heterocycles. The van der Waals surface area contributed by atoms with Gasteiger partial charge < -0.3 is 10.2 Å². The van der Waals surface area contributed by atoms with E-state index in [1.807, 2.05) is 30.3 Å². The number of nitrogen functional groups attached to an aromatic ring is 1. The first-order valence-electron chi connectivity index (χ1n) is 4.85. The van der Waals surface area contributed by atoms with E-state index in [1.165, 1.54) is 0 Å². The number of benzene rings is 1. The van der Waals surface area contributed by atoms with Gasteiger partial charge >= 0.3 is 0 Å². The topological polar surface area (TPSA) is 73.1 Å². The molecule has 2 aromatic rings. The zero-order chi connectivity index (χ0) is 11.2. The van der Waals surface area contributed by atoms with Crippen LogP contribution in [0, 0.1) is 0 Å². The lowest BCUT2D eigenvalue weighted by Gasteiger charge is -2.05. The maximum atomic E-state index is 5.50. The highest BCUT2D eigenvalue weighted by molar-refractivity contribution is 5.30. The predicted octanol–water partition coefficient (Wildman–Crippen LogP) is 1.34. The van der Waals surface area contributed by atoms with Crippen LogP contribution >= 0.6 is 0 Å². The van der Waals surface area contributed by atoms with Crippen LogP contribution in [0.15, 0.2) is 42.6 Å². The Morgan fingerprint density at radius 2 is 2.00 bits per heavy atom. The summed E-state index contributed by atoms with van der Waals surface area (Å²) in [7, 11) is 0. The number of hydrogen-bond donors (Lipinski definition) is 2. The fraction of sp³-hybridized carbons (Fsp3) is 0.0909. The first-order chi connectivity index (χ1) is 7.88. The molecular weight excluding hydrogens is 204 g/mol. The van der Waals surface area contributed by atoms with Crippen molar-refractivity contribution < 1.29 is 4.74 Å². The van der Waals surface area contributed by atoms with Gasteiger partial charge in [-0.2, -0.15) is 0 Å². The Labute approximate surface area is 93.3 Å². The minimum Gasteiger partial charge on any atom is -0.486 e. The molecule has 0 saturated carbocycles. The lowest BCUT2D eigenvalue weighted by atomic mass is 10.3. The highest BCUT2D eigenvalue weighted by atomic mass is 16.5. The average molecular weight is 216 g/mol. The van der Waals surface area contributed by atoms with Gasteiger partial charge in [0.25, 0.3) is 0 Å². The molecule has 0 aliphatic carbocycles. The molecule has 0 fully saturated rings. The Bertz CT molecular complexity index is 447. The minimum absolute atomic E-state index is 0.319. The maximum Gasteiger partial charge on any atom is 0.168 e. The number of nitrogens with zero attached hydrogens (tertiary/aromatic N) is 2. The van der Waals surface area contributed by atoms with Gasteiger partial charge in [-0.1, -0.05) is 18.2 Å². The summed E-state index contributed by atoms with van der Waals surface area (Å²) in [5.74, 6) is 7.19. The van der Waals surface area contributed by atoms with Crippen molar-refractivity contribution in [2.24, 2.45) is 5.84 Å². The number of aromatic nitrogens is 2. The number of anilines is 1. The second-order valence-corrected chi connectivity index (χ2v) is 3.10. The van der Waals surface area contributed by atoms with Crippen molar-refractivity contribution in [3.63, 3.8) is 0 Å². The molecule has 1 aromatic carbocycles. The Morgan fingerprint density at radius 1 is 1.19 bits per heavy atom. The van der Waals surface area contributed by atoms with Crippen molar-refractivity contribution >= 4 is 5.82 Å². The van der Waals surface area contributed by atoms with Crippen LogP contribution in [-0.4, -0.2) is 9.97 Å². The lowest BCUT2D eigenvalue weighted by Crippen LogP contribution is -2.10. The zero-order valence-corrected chi connectivity index (χ0v) is 8.63. The van der Waals surface area contributed by atoms with Gasteiger partial charge in [-0.3, -0.25) is 0 Å². The third-order valence-corrected chi connectivity index (χ3v) is 1.96. The van der Waals surface area contributed by atoms with Crippen molar-refractivity contribution in [3.05, 3.63) is 48.4 Å². The van der Waals surface area contributed by atoms with Crippen LogP contribution in [0.3, 0.4) is 0 Å². The van der Waals surface area contributed by atoms with Gasteiger partial charge in [-0.05, 0) is 12.1 Å². The SMILES string of the molecule is NNc1ccnc(COc2ccccc2)n1. The summed E-state index contributed by atoms with van der Waals surface area (Å²) in [6.45, 7) is 0.319. The van der Waals surface area contributed by atoms with E-state index in [9.17, 15) is 0 Å². The van der Waals surface area contributed by atoms with Crippen molar-refractivity contribution in [1.82, 2.24) is 9.97 Å². The highest BCUT2D eigenvalue weighted by Crippen LogP contribution is 2.10. The number of nitrogens with one attached hydrogen (secondary N) is 1. The van der Waals surface area contributed by atoms with E-state index >= 15 is 0 Å². The van der Waals surface area contributed by atoms with Crippen LogP contribution in [-0.2, 0) is 6.61 Å². The van der Waals surface area contributed by atoms with E-state index in [-0.39, 0.29) is 0 Å². The van der Waals surface area contributed by atoms with Gasteiger partial charge in [-0.25, -0.2) is 15.8 Å². The third kappa shape index (κ3) is 2.68. The van der Waals surface area contributed by atoms with E-state index in [2.05, 4.69) is 15.4 Å². The predicted molar refractivity (Wildman–Crippen MR) is 60.6 cm³/mol. The van der Waals surface area contributed by atoms with E-state index < -0.39 is 0 Å². The molecule has 0 amide bonds. The second-order valence-electron chi connectivity index (χ2n) is 3.10. The van der Waals surface area contributed by atoms with Crippen LogP contribution in [0.2, 0.25) is 0 Å². The summed E-state index contributed by atoms with van der Waals surface area (Å²) in [6.07, 6.45) is 1.63. The van der Waals surface area contributed by atoms with Crippen molar-refractivity contribution in [2.45, 2.75) is 6.61 Å². The first-order valence-corrected chi connectivity index (χ1v) is 4.85. The molecule has 82 valence electrons. The largest absolute Gasteiger partial charge is 0.486 e. The normalized spacial score (nSPS) is 9.81. The highest BCUT2D eigenvalue weighted by Gasteiger charge is 1.99. The third-order valence-electron chi connectivity index (χ3n) is 1.96. The number of para-hydroxylation sites is 1. The zero-order valence-electron chi connectivity index (χ0n) is 8.63. The lowest BCUT2D eigenvalue weighted by molar-refractivity contribution is 0.296. The van der Waals surface area contributed by atoms with Crippen LogP contribution in [0.5, 0.6) is 5.75 Å². The number of hydrazine groups is 1. The van der Waals surface area contributed by atoms with E-state index in [4.69, 9.17) is 10.6 Å². The quantitative estimate of drug-likeness (QED) is 0.596. The molecule has 16 heavy (non-hydrogen) atoms. The average Bonchev–Trinajstić information content (AvgIpc) is 2.38. The van der Waals surface area contributed by atoms with Crippen LogP contribution in [0.25, 0.3) is 0 Å². The van der Waals surface area contributed by atoms with Crippen LogP contribution in [0.4, 0.5) is 5.82 Å². The van der Waals surface area contributed by atoms with Gasteiger partial charge in [0, 0.05) is 12.3 Å². The molecule has 0 radical (unpaired) electrons. The summed E-state index contributed by atoms with van der Waals surface area (Å²) >= 11 is 0. The molecule has 0 aliphatic rings. The van der Waals surface area contributed by atoms with E-state index in [0.717, 1.165) is 5.75 Å². The van der Waals surface area contributed by atoms with Crippen molar-refractivity contribution in [3.8, 4) is 5.75 Å². The molecule has 0 atom stereocenters. The maximum absolute atomic E-state index is 5.50. The molecule has 0 aliphatic heterocycles. The molecular formula is C11H12N4O. The van der Waals surface area contributed by atoms with Gasteiger partial charge in [0.1, 0.15) is 18.2 Å². The first kappa shape index (κ1) is 10.4. The summed E-state index contributed by atoms with van der Waals surface area (Å²) in [5.41, 5.74) is 2.46. The van der Waals surface area contributed by atoms with Gasteiger partial charge in [0.2, 0.25) is 0 Å². The Balaban J connectivity index is 1.99. The fourth-order valence-electron chi connectivity index (χ4n) is 1.21. The monoisotopic (exact) mass is 216 g/mol. The summed E-state index contributed by atoms with van der Waals surface area (Å²) in [5, 5.41) is 0. The smallest absolute Gasteiger partial charge is 0.168 e. The molecule has 5 heteroatoms. The molecule has 3 N–H and O–H groups in total. The Kier molecular flexibility index (Phi) is 3.30. The standard InChI is InChI=1S/C11H12N4O/c12-15-10-6-7-13-11(14-10)8-16-9-4-2-1-3-5-9/h1-7H,8,12H2,(H,13,14,15). The van der Waals surface area contributed by atoms with Gasteiger partial charge in [0.05, 0.1) is 0 Å². The van der Waals surface area contributed by atoms with Crippen molar-refractivity contribution in [2.75, 3.05) is 5.43 Å². The summed E-state index contributed by atoms with van der Waals surface area (Å²) in [4.78, 5) is 8.20. The number of ether oxygens (including phenoxy) is 1. The van der Waals surface area contributed by atoms with E-state index in [1.54, 1.807) is 12.3 Å². The van der Waals surface area contributed by atoms with E-state index in [0.29, 0.717) is 18.2 Å². The molecule has 1 aromatic heterocycles. The van der Waals surface area contributed by atoms with Crippen LogP contribution in [0.1, 0.15) is 5.82 Å². The minimum atomic E-state index is 0.319. The molecule has 5 nitrogen and oxygen atoms in total. The summed E-state index contributed by atoms with van der Waals surface area (Å²) in [6, 6.07) is 11.2. The Hall–Kier alpha value is -2.14. The molecule has 0 unspecified atom stereocenters. The summed E-state index contributed by atoms with van der Waals surface area (Å²) < 4.78 is 5.50. The fourth-order valence-corrected chi connectivity index (χ4v) is 1.21. The van der Waals surface area contributed by atoms with Gasteiger partial charge in [-0.15, -0.1) is 0 Å². The number of nitrogens with two attached hydrogens (primary N) is 1. The molecule has 0 bridgehead atoms. The molecule has 1 heterocycles. The van der Waals surface area contributed by atoms with Gasteiger partial charge in [0.15, 0.2) is 5.82 Å². The van der Waals surface area contributed by atoms with Crippen molar-refractivity contribution in [1.29, 1.82) is 0 Å². The Morgan fingerprint density at radius 3 is 2.75 bits per heavy atom. The number of rotatable bonds is 4. The van der Waals surface area contributed by atoms with Crippen LogP contribution < -0.4 is 16.0 Å². The molecule has 2 rings (SSSR count). The second kappa shape index (κ2) is 5.09.